The van der Waals surface area contributed by atoms with Gasteiger partial charge in [0.25, 0.3) is 5.56 Å². The highest BCUT2D eigenvalue weighted by Gasteiger charge is 2.27. The number of nitrogens with one attached hydrogen (secondary N) is 1. The molecule has 1 saturated heterocycles. The molecule has 2 aromatic carbocycles. The van der Waals surface area contributed by atoms with E-state index in [1.807, 2.05) is 77.2 Å². The lowest BCUT2D eigenvalue weighted by atomic mass is 10.1. The number of carbonyl (C=O) groups excluding carboxylic acids is 1. The van der Waals surface area contributed by atoms with Crippen LogP contribution in [0.3, 0.4) is 0 Å². The number of nitrogens with zero attached hydrogens (tertiary/aromatic N) is 3. The van der Waals surface area contributed by atoms with Crippen molar-refractivity contribution in [3.8, 4) is 22.6 Å². The molecule has 1 atom stereocenters. The Kier molecular flexibility index (Phi) is 6.10. The topological polar surface area (TPSA) is 106 Å². The molecule has 4 aromatic rings. The fourth-order valence-electron chi connectivity index (χ4n) is 4.70. The molecular formula is C27H27N5O3. The number of piperidine rings is 1. The smallest absolute Gasteiger partial charge is 0.288 e. The van der Waals surface area contributed by atoms with Crippen molar-refractivity contribution < 1.29 is 9.53 Å². The fraction of sp³-hybridized carbons (Fsp3) is 0.222. The van der Waals surface area contributed by atoms with E-state index >= 15 is 0 Å². The second-order valence-electron chi connectivity index (χ2n) is 8.63. The SMILES string of the molecule is C/C=C/C(=O)N1CCC[C@@H](n2cc(-c3ccc(Oc4ccccc4)cc3)c3c(N)n[nH]c(=O)c32)C1. The van der Waals surface area contributed by atoms with Gasteiger partial charge in [0.05, 0.1) is 11.4 Å². The van der Waals surface area contributed by atoms with E-state index in [1.54, 1.807) is 12.2 Å². The number of fused-ring (bicyclic) bond motifs is 1. The molecule has 3 heterocycles. The number of hydrogen-bond donors (Lipinski definition) is 2. The first kappa shape index (κ1) is 22.5. The molecule has 1 amide bonds. The number of benzene rings is 2. The average Bonchev–Trinajstić information content (AvgIpc) is 3.30. The number of ether oxygens (including phenoxy) is 1. The first-order valence-corrected chi connectivity index (χ1v) is 11.7. The maximum atomic E-state index is 12.9. The lowest BCUT2D eigenvalue weighted by Gasteiger charge is -2.33. The van der Waals surface area contributed by atoms with E-state index in [9.17, 15) is 9.59 Å². The Morgan fingerprint density at radius 2 is 1.89 bits per heavy atom. The minimum absolute atomic E-state index is 0.0158. The predicted molar refractivity (Wildman–Crippen MR) is 136 cm³/mol. The number of allylic oxidation sites excluding steroid dienone is 1. The minimum atomic E-state index is -0.304. The molecule has 8 nitrogen and oxygen atoms in total. The Morgan fingerprint density at radius 1 is 1.14 bits per heavy atom. The Morgan fingerprint density at radius 3 is 2.63 bits per heavy atom. The third-order valence-electron chi connectivity index (χ3n) is 6.34. The number of nitrogen functional groups attached to an aromatic ring is 1. The minimum Gasteiger partial charge on any atom is -0.457 e. The van der Waals surface area contributed by atoms with Crippen molar-refractivity contribution in [2.75, 3.05) is 18.8 Å². The second-order valence-corrected chi connectivity index (χ2v) is 8.63. The van der Waals surface area contributed by atoms with Crippen LogP contribution in [0.1, 0.15) is 25.8 Å². The first-order chi connectivity index (χ1) is 17.0. The van der Waals surface area contributed by atoms with Gasteiger partial charge in [-0.1, -0.05) is 36.4 Å². The number of likely N-dealkylation sites (tertiary alicyclic amines) is 1. The van der Waals surface area contributed by atoms with Crippen molar-refractivity contribution in [3.05, 3.63) is 83.3 Å². The standard InChI is InChI=1S/C27H27N5O3/c1-2-7-23(33)31-15-6-8-19(16-31)32-17-22(24-25(32)27(34)30-29-26(24)28)18-11-13-21(14-12-18)35-20-9-4-3-5-10-20/h2-5,7,9-14,17,19H,6,8,15-16H2,1H3,(H2,28,29)(H,30,34)/b7-2+/t19-/m1/s1. The number of carbonyl (C=O) groups is 1. The van der Waals surface area contributed by atoms with Gasteiger partial charge in [-0.2, -0.15) is 5.10 Å². The maximum Gasteiger partial charge on any atom is 0.288 e. The van der Waals surface area contributed by atoms with Crippen molar-refractivity contribution in [1.82, 2.24) is 19.7 Å². The summed E-state index contributed by atoms with van der Waals surface area (Å²) in [5, 5.41) is 7.15. The van der Waals surface area contributed by atoms with Gasteiger partial charge in [-0.25, -0.2) is 5.10 Å². The lowest BCUT2D eigenvalue weighted by molar-refractivity contribution is -0.127. The van der Waals surface area contributed by atoms with Crippen molar-refractivity contribution in [1.29, 1.82) is 0 Å². The van der Waals surface area contributed by atoms with E-state index in [0.717, 1.165) is 29.7 Å². The van der Waals surface area contributed by atoms with E-state index < -0.39 is 0 Å². The molecule has 1 aliphatic heterocycles. The van der Waals surface area contributed by atoms with Gasteiger partial charge in [0, 0.05) is 24.8 Å². The number of para-hydroxylation sites is 1. The summed E-state index contributed by atoms with van der Waals surface area (Å²) in [7, 11) is 0. The number of rotatable bonds is 5. The quantitative estimate of drug-likeness (QED) is 0.419. The van der Waals surface area contributed by atoms with Crippen LogP contribution in [0.5, 0.6) is 11.5 Å². The summed E-state index contributed by atoms with van der Waals surface area (Å²) in [6, 6.07) is 17.2. The molecule has 0 spiro atoms. The van der Waals surface area contributed by atoms with E-state index in [2.05, 4.69) is 10.2 Å². The molecule has 0 bridgehead atoms. The average molecular weight is 470 g/mol. The highest BCUT2D eigenvalue weighted by molar-refractivity contribution is 6.02. The number of anilines is 1. The van der Waals surface area contributed by atoms with Crippen LogP contribution in [-0.4, -0.2) is 38.7 Å². The predicted octanol–water partition coefficient (Wildman–Crippen LogP) is 4.51. The monoisotopic (exact) mass is 469 g/mol. The van der Waals surface area contributed by atoms with Gasteiger partial charge >= 0.3 is 0 Å². The second kappa shape index (κ2) is 9.50. The summed E-state index contributed by atoms with van der Waals surface area (Å²) in [5.74, 6) is 1.71. The summed E-state index contributed by atoms with van der Waals surface area (Å²) in [4.78, 5) is 27.2. The zero-order valence-electron chi connectivity index (χ0n) is 19.5. The van der Waals surface area contributed by atoms with Gasteiger partial charge < -0.3 is 19.9 Å². The number of aromatic amines is 1. The number of hydrogen-bond acceptors (Lipinski definition) is 5. The molecule has 178 valence electrons. The number of H-pyrrole nitrogens is 1. The van der Waals surface area contributed by atoms with Crippen LogP contribution in [0.25, 0.3) is 22.0 Å². The lowest BCUT2D eigenvalue weighted by Crippen LogP contribution is -2.40. The van der Waals surface area contributed by atoms with Crippen LogP contribution in [0, 0.1) is 0 Å². The molecule has 0 aliphatic carbocycles. The van der Waals surface area contributed by atoms with Gasteiger partial charge in [-0.3, -0.25) is 9.59 Å². The Bertz CT molecular complexity index is 1440. The molecule has 35 heavy (non-hydrogen) atoms. The van der Waals surface area contributed by atoms with E-state index in [4.69, 9.17) is 10.5 Å². The molecule has 0 saturated carbocycles. The number of nitrogens with two attached hydrogens (primary N) is 1. The Labute approximate surface area is 202 Å². The van der Waals surface area contributed by atoms with E-state index in [0.29, 0.717) is 29.7 Å². The molecule has 1 aliphatic rings. The van der Waals surface area contributed by atoms with Gasteiger partial charge in [0.2, 0.25) is 5.91 Å². The van der Waals surface area contributed by atoms with Gasteiger partial charge in [0.15, 0.2) is 5.82 Å². The van der Waals surface area contributed by atoms with Crippen LogP contribution in [-0.2, 0) is 4.79 Å². The van der Waals surface area contributed by atoms with Gasteiger partial charge in [0.1, 0.15) is 17.0 Å². The zero-order chi connectivity index (χ0) is 24.4. The van der Waals surface area contributed by atoms with Crippen molar-refractivity contribution in [2.24, 2.45) is 0 Å². The third-order valence-corrected chi connectivity index (χ3v) is 6.34. The maximum absolute atomic E-state index is 12.9. The highest BCUT2D eigenvalue weighted by atomic mass is 16.5. The summed E-state index contributed by atoms with van der Waals surface area (Å²) < 4.78 is 7.88. The van der Waals surface area contributed by atoms with Gasteiger partial charge in [-0.05, 0) is 55.7 Å². The molecular weight excluding hydrogens is 442 g/mol. The number of aromatic nitrogens is 3. The Hall–Kier alpha value is -4.33. The van der Waals surface area contributed by atoms with Crippen LogP contribution >= 0.6 is 0 Å². The Balaban J connectivity index is 1.53. The normalized spacial score (nSPS) is 16.1. The van der Waals surface area contributed by atoms with Crippen LogP contribution in [0.4, 0.5) is 5.82 Å². The fourth-order valence-corrected chi connectivity index (χ4v) is 4.70. The zero-order valence-corrected chi connectivity index (χ0v) is 19.5. The molecule has 3 N–H and O–H groups in total. The molecule has 8 heteroatoms. The van der Waals surface area contributed by atoms with Crippen molar-refractivity contribution in [3.63, 3.8) is 0 Å². The summed E-state index contributed by atoms with van der Waals surface area (Å²) in [6.07, 6.45) is 6.99. The molecule has 2 aromatic heterocycles. The molecule has 5 rings (SSSR count). The molecule has 1 fully saturated rings. The van der Waals surface area contributed by atoms with Crippen LogP contribution < -0.4 is 16.0 Å². The molecule has 0 radical (unpaired) electrons. The van der Waals surface area contributed by atoms with Gasteiger partial charge in [-0.15, -0.1) is 0 Å². The third kappa shape index (κ3) is 4.42. The highest BCUT2D eigenvalue weighted by Crippen LogP contribution is 2.36. The van der Waals surface area contributed by atoms with Crippen molar-refractivity contribution >= 4 is 22.6 Å². The van der Waals surface area contributed by atoms with Crippen LogP contribution in [0.2, 0.25) is 0 Å². The summed E-state index contributed by atoms with van der Waals surface area (Å²) in [6.45, 7) is 3.06. The number of amides is 1. The van der Waals surface area contributed by atoms with Crippen LogP contribution in [0.15, 0.2) is 77.7 Å². The van der Waals surface area contributed by atoms with Crippen molar-refractivity contribution in [2.45, 2.75) is 25.8 Å². The van der Waals surface area contributed by atoms with E-state index in [-0.39, 0.29) is 23.3 Å². The van der Waals surface area contributed by atoms with E-state index in [1.165, 1.54) is 0 Å². The molecule has 0 unspecified atom stereocenters. The summed E-state index contributed by atoms with van der Waals surface area (Å²) in [5.41, 5.74) is 8.14. The largest absolute Gasteiger partial charge is 0.457 e. The summed E-state index contributed by atoms with van der Waals surface area (Å²) >= 11 is 0. The first-order valence-electron chi connectivity index (χ1n) is 11.7.